The Morgan fingerprint density at radius 3 is 2.47 bits per heavy atom. The number of nitriles is 1. The van der Waals surface area contributed by atoms with Crippen molar-refractivity contribution in [1.29, 1.82) is 5.26 Å². The standard InChI is InChI=1S/C22H20FN3O3S/c1-2-29-17-9-3-14(4-10-17)20-18(13-24)22(25)26(16-7-5-15(23)6-8-16)19-11-12-30(27,28)21(19)20/h3-10,20H,2,11-12,25H2,1H3/t20-/m1/s1. The molecular formula is C22H20FN3O3S. The minimum absolute atomic E-state index is 0.0606. The lowest BCUT2D eigenvalue weighted by Gasteiger charge is -2.35. The van der Waals surface area contributed by atoms with E-state index in [1.165, 1.54) is 24.3 Å². The molecule has 2 heterocycles. The van der Waals surface area contributed by atoms with Gasteiger partial charge in [0, 0.05) is 17.8 Å². The summed E-state index contributed by atoms with van der Waals surface area (Å²) in [6.07, 6.45) is 0.266. The van der Waals surface area contributed by atoms with Crippen LogP contribution in [0.25, 0.3) is 0 Å². The third-order valence-electron chi connectivity index (χ3n) is 5.29. The van der Waals surface area contributed by atoms with Crippen molar-refractivity contribution < 1.29 is 17.5 Å². The summed E-state index contributed by atoms with van der Waals surface area (Å²) in [6, 6.07) is 14.7. The summed E-state index contributed by atoms with van der Waals surface area (Å²) < 4.78 is 44.9. The van der Waals surface area contributed by atoms with E-state index in [0.29, 0.717) is 29.3 Å². The van der Waals surface area contributed by atoms with Crippen LogP contribution in [0.4, 0.5) is 10.1 Å². The average Bonchev–Trinajstić information content (AvgIpc) is 3.04. The van der Waals surface area contributed by atoms with E-state index < -0.39 is 21.6 Å². The second kappa shape index (κ2) is 7.50. The van der Waals surface area contributed by atoms with E-state index in [-0.39, 0.29) is 28.5 Å². The van der Waals surface area contributed by atoms with Gasteiger partial charge in [-0.25, -0.2) is 12.8 Å². The minimum Gasteiger partial charge on any atom is -0.494 e. The lowest BCUT2D eigenvalue weighted by molar-refractivity contribution is 0.340. The van der Waals surface area contributed by atoms with Crippen molar-refractivity contribution in [3.8, 4) is 11.8 Å². The number of rotatable bonds is 4. The number of hydrogen-bond acceptors (Lipinski definition) is 6. The molecule has 0 aliphatic carbocycles. The number of anilines is 1. The first-order chi connectivity index (χ1) is 14.4. The number of benzene rings is 2. The SMILES string of the molecule is CCOc1ccc([C@@H]2C(C#N)=C(N)N(c3ccc(F)cc3)C3=C2S(=O)(=O)CC3)cc1. The topological polar surface area (TPSA) is 96.4 Å². The molecule has 0 saturated carbocycles. The van der Waals surface area contributed by atoms with Gasteiger partial charge in [0.1, 0.15) is 17.4 Å². The number of ether oxygens (including phenoxy) is 1. The number of sulfone groups is 1. The molecule has 1 atom stereocenters. The van der Waals surface area contributed by atoms with Crippen LogP contribution in [-0.4, -0.2) is 20.8 Å². The molecule has 30 heavy (non-hydrogen) atoms. The maximum absolute atomic E-state index is 13.4. The van der Waals surface area contributed by atoms with Crippen LogP contribution >= 0.6 is 0 Å². The highest BCUT2D eigenvalue weighted by Crippen LogP contribution is 2.48. The van der Waals surface area contributed by atoms with Crippen molar-refractivity contribution in [2.24, 2.45) is 5.73 Å². The second-order valence-corrected chi connectivity index (χ2v) is 9.11. The number of nitrogens with two attached hydrogens (primary N) is 1. The van der Waals surface area contributed by atoms with Gasteiger partial charge in [-0.2, -0.15) is 5.26 Å². The minimum atomic E-state index is -3.59. The highest BCUT2D eigenvalue weighted by Gasteiger charge is 2.45. The van der Waals surface area contributed by atoms with E-state index >= 15 is 0 Å². The number of allylic oxidation sites excluding steroid dienone is 3. The monoisotopic (exact) mass is 425 g/mol. The zero-order valence-corrected chi connectivity index (χ0v) is 17.1. The van der Waals surface area contributed by atoms with Gasteiger partial charge >= 0.3 is 0 Å². The predicted octanol–water partition coefficient (Wildman–Crippen LogP) is 3.55. The Labute approximate surface area is 174 Å². The molecule has 6 nitrogen and oxygen atoms in total. The van der Waals surface area contributed by atoms with Gasteiger partial charge in [-0.15, -0.1) is 0 Å². The molecule has 0 radical (unpaired) electrons. The largest absolute Gasteiger partial charge is 0.494 e. The Hall–Kier alpha value is -3.31. The van der Waals surface area contributed by atoms with Crippen LogP contribution < -0.4 is 15.4 Å². The summed E-state index contributed by atoms with van der Waals surface area (Å²) in [5, 5.41) is 9.91. The van der Waals surface area contributed by atoms with Gasteiger partial charge < -0.3 is 10.5 Å². The Balaban J connectivity index is 1.91. The van der Waals surface area contributed by atoms with E-state index in [9.17, 15) is 18.1 Å². The summed E-state index contributed by atoms with van der Waals surface area (Å²) in [5.41, 5.74) is 8.22. The maximum atomic E-state index is 13.4. The number of hydrogen-bond donors (Lipinski definition) is 1. The normalized spacial score (nSPS) is 20.2. The van der Waals surface area contributed by atoms with Gasteiger partial charge in [0.2, 0.25) is 0 Å². The fraction of sp³-hybridized carbons (Fsp3) is 0.227. The highest BCUT2D eigenvalue weighted by atomic mass is 32.2. The second-order valence-electron chi connectivity index (χ2n) is 7.04. The molecular weight excluding hydrogens is 405 g/mol. The molecule has 0 amide bonds. The van der Waals surface area contributed by atoms with E-state index in [0.717, 1.165) is 0 Å². The molecule has 0 fully saturated rings. The molecule has 2 aliphatic heterocycles. The molecule has 0 bridgehead atoms. The summed E-state index contributed by atoms with van der Waals surface area (Å²) in [6.45, 7) is 2.38. The first-order valence-electron chi connectivity index (χ1n) is 9.51. The molecule has 0 saturated heterocycles. The molecule has 2 aromatic rings. The van der Waals surface area contributed by atoms with Crippen LogP contribution in [0.1, 0.15) is 24.8 Å². The summed E-state index contributed by atoms with van der Waals surface area (Å²) in [5.74, 6) is -0.457. The molecule has 0 unspecified atom stereocenters. The molecule has 0 spiro atoms. The number of halogens is 1. The third kappa shape index (κ3) is 3.21. The quantitative estimate of drug-likeness (QED) is 0.805. The highest BCUT2D eigenvalue weighted by molar-refractivity contribution is 7.95. The summed E-state index contributed by atoms with van der Waals surface area (Å²) in [4.78, 5) is 1.74. The zero-order valence-electron chi connectivity index (χ0n) is 16.3. The molecule has 2 aromatic carbocycles. The fourth-order valence-corrected chi connectivity index (χ4v) is 5.85. The molecule has 4 rings (SSSR count). The van der Waals surface area contributed by atoms with Crippen LogP contribution in [0, 0.1) is 17.1 Å². The van der Waals surface area contributed by atoms with Gasteiger partial charge in [-0.3, -0.25) is 4.90 Å². The van der Waals surface area contributed by atoms with Gasteiger partial charge in [-0.1, -0.05) is 12.1 Å². The van der Waals surface area contributed by atoms with Crippen molar-refractivity contribution >= 4 is 15.5 Å². The zero-order chi connectivity index (χ0) is 21.5. The van der Waals surface area contributed by atoms with Gasteiger partial charge in [0.25, 0.3) is 0 Å². The van der Waals surface area contributed by atoms with Crippen LogP contribution in [0.15, 0.2) is 70.5 Å². The molecule has 0 aromatic heterocycles. The van der Waals surface area contributed by atoms with Crippen LogP contribution in [0.3, 0.4) is 0 Å². The fourth-order valence-electron chi connectivity index (χ4n) is 4.00. The first-order valence-corrected chi connectivity index (χ1v) is 11.2. The van der Waals surface area contributed by atoms with Crippen molar-refractivity contribution in [3.05, 3.63) is 81.9 Å². The van der Waals surface area contributed by atoms with Crippen molar-refractivity contribution in [2.75, 3.05) is 17.3 Å². The molecule has 8 heteroatoms. The third-order valence-corrected chi connectivity index (χ3v) is 7.18. The smallest absolute Gasteiger partial charge is 0.177 e. The first kappa shape index (κ1) is 20.0. The average molecular weight is 425 g/mol. The van der Waals surface area contributed by atoms with E-state index in [1.807, 2.05) is 6.92 Å². The van der Waals surface area contributed by atoms with Gasteiger partial charge in [0.15, 0.2) is 9.84 Å². The van der Waals surface area contributed by atoms with E-state index in [4.69, 9.17) is 10.5 Å². The predicted molar refractivity (Wildman–Crippen MR) is 111 cm³/mol. The Bertz CT molecular complexity index is 1190. The number of nitrogens with zero attached hydrogens (tertiary/aromatic N) is 2. The maximum Gasteiger partial charge on any atom is 0.177 e. The summed E-state index contributed by atoms with van der Waals surface area (Å²) >= 11 is 0. The lowest BCUT2D eigenvalue weighted by atomic mass is 9.87. The van der Waals surface area contributed by atoms with Crippen LogP contribution in [-0.2, 0) is 9.84 Å². The Morgan fingerprint density at radius 1 is 1.20 bits per heavy atom. The molecule has 2 N–H and O–H groups in total. The van der Waals surface area contributed by atoms with Crippen LogP contribution in [0.5, 0.6) is 5.75 Å². The van der Waals surface area contributed by atoms with E-state index in [2.05, 4.69) is 6.07 Å². The molecule has 154 valence electrons. The van der Waals surface area contributed by atoms with E-state index in [1.54, 1.807) is 29.2 Å². The van der Waals surface area contributed by atoms with Crippen molar-refractivity contribution in [2.45, 2.75) is 19.3 Å². The summed E-state index contributed by atoms with van der Waals surface area (Å²) in [7, 11) is -3.59. The Morgan fingerprint density at radius 2 is 1.87 bits per heavy atom. The van der Waals surface area contributed by atoms with Gasteiger partial charge in [-0.05, 0) is 48.9 Å². The van der Waals surface area contributed by atoms with Gasteiger partial charge in [0.05, 0.1) is 34.8 Å². The van der Waals surface area contributed by atoms with Crippen LogP contribution in [0.2, 0.25) is 0 Å². The molecule has 2 aliphatic rings. The van der Waals surface area contributed by atoms with Crippen molar-refractivity contribution in [1.82, 2.24) is 0 Å². The Kier molecular flexibility index (Phi) is 5.00. The van der Waals surface area contributed by atoms with Crippen molar-refractivity contribution in [3.63, 3.8) is 0 Å². The lowest BCUT2D eigenvalue weighted by Crippen LogP contribution is -2.34.